The minimum atomic E-state index is -3.21. The molecule has 0 aromatic carbocycles. The molecule has 10 heteroatoms. The summed E-state index contributed by atoms with van der Waals surface area (Å²) in [6.45, 7) is 0.303. The van der Waals surface area contributed by atoms with Crippen molar-refractivity contribution in [3.05, 3.63) is 0 Å². The number of carboxylic acids is 1. The van der Waals surface area contributed by atoms with E-state index in [-0.39, 0.29) is 17.9 Å². The Morgan fingerprint density at radius 3 is 2.35 bits per heavy atom. The van der Waals surface area contributed by atoms with E-state index in [4.69, 9.17) is 10.8 Å². The summed E-state index contributed by atoms with van der Waals surface area (Å²) < 4.78 is 22.8. The maximum absolute atomic E-state index is 11.9. The van der Waals surface area contributed by atoms with Gasteiger partial charge in [0.1, 0.15) is 13.1 Å². The van der Waals surface area contributed by atoms with Crippen LogP contribution >= 0.6 is 0 Å². The van der Waals surface area contributed by atoms with E-state index in [2.05, 4.69) is 5.32 Å². The van der Waals surface area contributed by atoms with Crippen LogP contribution in [-0.2, 0) is 19.4 Å². The lowest BCUT2D eigenvalue weighted by molar-refractivity contribution is -0.137. The zero-order valence-electron chi connectivity index (χ0n) is 11.0. The van der Waals surface area contributed by atoms with E-state index in [0.717, 1.165) is 4.90 Å². The second-order valence-electron chi connectivity index (χ2n) is 5.05. The van der Waals surface area contributed by atoms with Crippen molar-refractivity contribution in [2.75, 3.05) is 24.6 Å². The number of urea groups is 1. The van der Waals surface area contributed by atoms with Crippen LogP contribution in [0.3, 0.4) is 0 Å². The quantitative estimate of drug-likeness (QED) is 0.543. The van der Waals surface area contributed by atoms with Crippen molar-refractivity contribution in [1.29, 1.82) is 0 Å². The lowest BCUT2D eigenvalue weighted by atomic mass is 10.0. The monoisotopic (exact) mass is 307 g/mol. The Kier molecular flexibility index (Phi) is 4.58. The molecule has 9 nitrogen and oxygen atoms in total. The molecule has 1 saturated heterocycles. The standard InChI is InChI=1S/C10H17N3O6S/c1-10(2-3-20(18,19)6-10)12-9(17)13(4-7(11)14)5-8(15)16/h2-6H2,1H3,(H2,11,14)(H,12,17)(H,15,16). The van der Waals surface area contributed by atoms with E-state index in [9.17, 15) is 22.8 Å². The van der Waals surface area contributed by atoms with E-state index in [1.165, 1.54) is 0 Å². The van der Waals surface area contributed by atoms with Crippen LogP contribution in [0.2, 0.25) is 0 Å². The molecular weight excluding hydrogens is 290 g/mol. The summed E-state index contributed by atoms with van der Waals surface area (Å²) in [4.78, 5) is 34.1. The van der Waals surface area contributed by atoms with Crippen molar-refractivity contribution < 1.29 is 27.9 Å². The highest BCUT2D eigenvalue weighted by Crippen LogP contribution is 2.22. The van der Waals surface area contributed by atoms with Crippen LogP contribution in [0, 0.1) is 0 Å². The number of primary amides is 1. The predicted octanol–water partition coefficient (Wildman–Crippen LogP) is -1.85. The lowest BCUT2D eigenvalue weighted by Gasteiger charge is -2.28. The van der Waals surface area contributed by atoms with Crippen LogP contribution in [0.25, 0.3) is 0 Å². The SMILES string of the molecule is CC1(NC(=O)N(CC(N)=O)CC(=O)O)CCS(=O)(=O)C1. The molecule has 1 fully saturated rings. The molecule has 114 valence electrons. The summed E-state index contributed by atoms with van der Waals surface area (Å²) in [5.41, 5.74) is 3.97. The number of carboxylic acid groups (broad SMARTS) is 1. The molecule has 0 radical (unpaired) electrons. The second-order valence-corrected chi connectivity index (χ2v) is 7.23. The van der Waals surface area contributed by atoms with Crippen LogP contribution in [-0.4, -0.2) is 66.5 Å². The smallest absolute Gasteiger partial charge is 0.323 e. The highest BCUT2D eigenvalue weighted by atomic mass is 32.2. The third-order valence-corrected chi connectivity index (χ3v) is 4.78. The number of nitrogens with one attached hydrogen (secondary N) is 1. The van der Waals surface area contributed by atoms with Gasteiger partial charge in [-0.1, -0.05) is 0 Å². The molecule has 0 aliphatic carbocycles. The number of rotatable bonds is 5. The van der Waals surface area contributed by atoms with Gasteiger partial charge in [0, 0.05) is 0 Å². The molecular formula is C10H17N3O6S. The van der Waals surface area contributed by atoms with Crippen molar-refractivity contribution in [2.24, 2.45) is 5.73 Å². The third-order valence-electron chi connectivity index (χ3n) is 2.87. The zero-order chi connectivity index (χ0) is 15.6. The van der Waals surface area contributed by atoms with Crippen molar-refractivity contribution in [2.45, 2.75) is 18.9 Å². The molecule has 1 aliphatic rings. The average molecular weight is 307 g/mol. The molecule has 1 unspecified atom stereocenters. The normalized spacial score (nSPS) is 24.1. The van der Waals surface area contributed by atoms with Gasteiger partial charge in [0.05, 0.1) is 17.0 Å². The number of carbonyl (C=O) groups is 3. The van der Waals surface area contributed by atoms with Crippen molar-refractivity contribution in [3.63, 3.8) is 0 Å². The number of nitrogens with zero attached hydrogens (tertiary/aromatic N) is 1. The Morgan fingerprint density at radius 1 is 1.35 bits per heavy atom. The Bertz CT molecular complexity index is 515. The van der Waals surface area contributed by atoms with Gasteiger partial charge in [-0.2, -0.15) is 0 Å². The van der Waals surface area contributed by atoms with Gasteiger partial charge in [-0.15, -0.1) is 0 Å². The summed E-state index contributed by atoms with van der Waals surface area (Å²) in [6, 6.07) is -0.828. The molecule has 3 amide bonds. The molecule has 4 N–H and O–H groups in total. The number of carbonyl (C=O) groups excluding carboxylic acids is 2. The number of nitrogens with two attached hydrogens (primary N) is 1. The van der Waals surface area contributed by atoms with E-state index >= 15 is 0 Å². The fourth-order valence-corrected chi connectivity index (χ4v) is 4.09. The number of aliphatic carboxylic acids is 1. The van der Waals surface area contributed by atoms with Gasteiger partial charge >= 0.3 is 12.0 Å². The fourth-order valence-electron chi connectivity index (χ4n) is 2.00. The molecule has 0 spiro atoms. The highest BCUT2D eigenvalue weighted by Gasteiger charge is 2.40. The van der Waals surface area contributed by atoms with Crippen LogP contribution in [0.5, 0.6) is 0 Å². The Balaban J connectivity index is 2.75. The van der Waals surface area contributed by atoms with Crippen molar-refractivity contribution in [3.8, 4) is 0 Å². The molecule has 0 saturated carbocycles. The molecule has 20 heavy (non-hydrogen) atoms. The summed E-state index contributed by atoms with van der Waals surface area (Å²) in [5, 5.41) is 11.1. The summed E-state index contributed by atoms with van der Waals surface area (Å²) in [5.74, 6) is -2.42. The number of amides is 3. The van der Waals surface area contributed by atoms with E-state index in [0.29, 0.717) is 0 Å². The molecule has 0 aromatic rings. The summed E-state index contributed by atoms with van der Waals surface area (Å²) in [6.07, 6.45) is 0.235. The Morgan fingerprint density at radius 2 is 1.95 bits per heavy atom. The second kappa shape index (κ2) is 5.65. The van der Waals surface area contributed by atoms with Gasteiger partial charge in [-0.3, -0.25) is 9.59 Å². The maximum Gasteiger partial charge on any atom is 0.323 e. The molecule has 1 heterocycles. The molecule has 1 atom stereocenters. The summed E-state index contributed by atoms with van der Waals surface area (Å²) in [7, 11) is -3.21. The van der Waals surface area contributed by atoms with Crippen LogP contribution in [0.1, 0.15) is 13.3 Å². The van der Waals surface area contributed by atoms with Gasteiger partial charge in [-0.25, -0.2) is 13.2 Å². The topological polar surface area (TPSA) is 147 Å². The zero-order valence-corrected chi connectivity index (χ0v) is 11.8. The first-order chi connectivity index (χ1) is 9.03. The Hall–Kier alpha value is -1.84. The van der Waals surface area contributed by atoms with E-state index < -0.39 is 46.4 Å². The lowest BCUT2D eigenvalue weighted by Crippen LogP contribution is -2.54. The van der Waals surface area contributed by atoms with E-state index in [1.54, 1.807) is 6.92 Å². The maximum atomic E-state index is 11.9. The van der Waals surface area contributed by atoms with Gasteiger partial charge in [-0.05, 0) is 13.3 Å². The van der Waals surface area contributed by atoms with Gasteiger partial charge in [0.15, 0.2) is 9.84 Å². The van der Waals surface area contributed by atoms with E-state index in [1.807, 2.05) is 0 Å². The largest absolute Gasteiger partial charge is 0.480 e. The van der Waals surface area contributed by atoms with Crippen molar-refractivity contribution in [1.82, 2.24) is 10.2 Å². The minimum absolute atomic E-state index is 0.0431. The molecule has 1 rings (SSSR count). The number of hydrogen-bond donors (Lipinski definition) is 3. The molecule has 1 aliphatic heterocycles. The highest BCUT2D eigenvalue weighted by molar-refractivity contribution is 7.91. The Labute approximate surface area is 116 Å². The minimum Gasteiger partial charge on any atom is -0.480 e. The van der Waals surface area contributed by atoms with Gasteiger partial charge < -0.3 is 21.1 Å². The first-order valence-electron chi connectivity index (χ1n) is 5.81. The molecule has 0 aromatic heterocycles. The first kappa shape index (κ1) is 16.2. The fraction of sp³-hybridized carbons (Fsp3) is 0.700. The first-order valence-corrected chi connectivity index (χ1v) is 7.63. The average Bonchev–Trinajstić information content (AvgIpc) is 2.50. The predicted molar refractivity (Wildman–Crippen MR) is 68.6 cm³/mol. The van der Waals surface area contributed by atoms with Crippen molar-refractivity contribution >= 4 is 27.7 Å². The van der Waals surface area contributed by atoms with Gasteiger partial charge in [0.25, 0.3) is 0 Å². The van der Waals surface area contributed by atoms with Gasteiger partial charge in [0.2, 0.25) is 5.91 Å². The summed E-state index contributed by atoms with van der Waals surface area (Å²) >= 11 is 0. The number of sulfone groups is 1. The third kappa shape index (κ3) is 4.68. The number of hydrogen-bond acceptors (Lipinski definition) is 5. The molecule has 0 bridgehead atoms. The van der Waals surface area contributed by atoms with Crippen LogP contribution in [0.4, 0.5) is 4.79 Å². The van der Waals surface area contributed by atoms with Crippen LogP contribution < -0.4 is 11.1 Å². The van der Waals surface area contributed by atoms with Crippen LogP contribution in [0.15, 0.2) is 0 Å².